The molecule has 2 aromatic carbocycles. The Morgan fingerprint density at radius 1 is 1.00 bits per heavy atom. The molecule has 0 aliphatic carbocycles. The lowest BCUT2D eigenvalue weighted by Gasteiger charge is -2.38. The molecule has 0 radical (unpaired) electrons. The van der Waals surface area contributed by atoms with Gasteiger partial charge in [0.05, 0.1) is 12.7 Å². The van der Waals surface area contributed by atoms with Crippen molar-refractivity contribution in [3.8, 4) is 5.75 Å². The smallest absolute Gasteiger partial charge is 0.122 e. The summed E-state index contributed by atoms with van der Waals surface area (Å²) in [6.45, 7) is 6.49. The molecule has 1 saturated heterocycles. The van der Waals surface area contributed by atoms with E-state index in [-0.39, 0.29) is 0 Å². The maximum absolute atomic E-state index is 6.24. The van der Waals surface area contributed by atoms with Gasteiger partial charge in [0.25, 0.3) is 0 Å². The van der Waals surface area contributed by atoms with E-state index in [1.165, 1.54) is 49.9 Å². The van der Waals surface area contributed by atoms with Crippen molar-refractivity contribution in [2.45, 2.75) is 51.6 Å². The van der Waals surface area contributed by atoms with Crippen molar-refractivity contribution < 1.29 is 9.47 Å². The summed E-state index contributed by atoms with van der Waals surface area (Å²) < 4.78 is 12.1. The maximum Gasteiger partial charge on any atom is 0.122 e. The molecule has 2 atom stereocenters. The fourth-order valence-corrected chi connectivity index (χ4v) is 4.34. The quantitative estimate of drug-likeness (QED) is 0.464. The van der Waals surface area contributed by atoms with Gasteiger partial charge in [0.15, 0.2) is 0 Å². The van der Waals surface area contributed by atoms with E-state index >= 15 is 0 Å². The molecule has 29 heavy (non-hydrogen) atoms. The van der Waals surface area contributed by atoms with E-state index in [2.05, 4.69) is 66.4 Å². The molecule has 1 aliphatic rings. The molecule has 158 valence electrons. The maximum atomic E-state index is 6.24. The van der Waals surface area contributed by atoms with Crippen LogP contribution in [-0.4, -0.2) is 44.4 Å². The van der Waals surface area contributed by atoms with Gasteiger partial charge in [-0.1, -0.05) is 68.3 Å². The molecule has 1 heterocycles. The SMILES string of the molecule is CCCCCN1CCC(CCOc2ccccc2Cc2ccccc2)[C@H](OC)C1. The number of hydrogen-bond donors (Lipinski definition) is 0. The molecule has 0 N–H and O–H groups in total. The average Bonchev–Trinajstić information content (AvgIpc) is 2.76. The highest BCUT2D eigenvalue weighted by Gasteiger charge is 2.28. The van der Waals surface area contributed by atoms with E-state index in [1.807, 2.05) is 7.11 Å². The lowest BCUT2D eigenvalue weighted by Crippen LogP contribution is -2.45. The first-order chi connectivity index (χ1) is 14.3. The molecule has 0 bridgehead atoms. The number of piperidine rings is 1. The summed E-state index contributed by atoms with van der Waals surface area (Å²) in [6.07, 6.45) is 7.42. The lowest BCUT2D eigenvalue weighted by molar-refractivity contribution is -0.0180. The molecule has 3 rings (SSSR count). The molecule has 3 nitrogen and oxygen atoms in total. The van der Waals surface area contributed by atoms with Crippen molar-refractivity contribution in [1.29, 1.82) is 0 Å². The highest BCUT2D eigenvalue weighted by molar-refractivity contribution is 5.37. The number of unbranched alkanes of at least 4 members (excludes halogenated alkanes) is 2. The van der Waals surface area contributed by atoms with Crippen molar-refractivity contribution in [2.75, 3.05) is 33.4 Å². The van der Waals surface area contributed by atoms with Crippen LogP contribution in [0.5, 0.6) is 5.75 Å². The zero-order valence-electron chi connectivity index (χ0n) is 18.2. The molecular weight excluding hydrogens is 358 g/mol. The van der Waals surface area contributed by atoms with Crippen LogP contribution in [0.3, 0.4) is 0 Å². The summed E-state index contributed by atoms with van der Waals surface area (Å²) in [5.74, 6) is 1.60. The lowest BCUT2D eigenvalue weighted by atomic mass is 9.90. The summed E-state index contributed by atoms with van der Waals surface area (Å²) in [5.41, 5.74) is 2.58. The van der Waals surface area contributed by atoms with Crippen molar-refractivity contribution in [3.05, 3.63) is 65.7 Å². The summed E-state index contributed by atoms with van der Waals surface area (Å²) in [5, 5.41) is 0. The second-order valence-corrected chi connectivity index (χ2v) is 8.24. The van der Waals surface area contributed by atoms with Gasteiger partial charge in [0.2, 0.25) is 0 Å². The van der Waals surface area contributed by atoms with Crippen LogP contribution in [-0.2, 0) is 11.2 Å². The highest BCUT2D eigenvalue weighted by atomic mass is 16.5. The monoisotopic (exact) mass is 395 g/mol. The molecule has 2 aromatic rings. The Morgan fingerprint density at radius 3 is 2.59 bits per heavy atom. The number of nitrogens with zero attached hydrogens (tertiary/aromatic N) is 1. The Morgan fingerprint density at radius 2 is 1.79 bits per heavy atom. The van der Waals surface area contributed by atoms with Crippen LogP contribution >= 0.6 is 0 Å². The third-order valence-corrected chi connectivity index (χ3v) is 6.12. The van der Waals surface area contributed by atoms with E-state index in [0.717, 1.165) is 31.7 Å². The Balaban J connectivity index is 1.48. The number of para-hydroxylation sites is 1. The van der Waals surface area contributed by atoms with Gasteiger partial charge in [-0.15, -0.1) is 0 Å². The van der Waals surface area contributed by atoms with Crippen LogP contribution in [0.2, 0.25) is 0 Å². The van der Waals surface area contributed by atoms with E-state index in [1.54, 1.807) is 0 Å². The predicted molar refractivity (Wildman–Crippen MR) is 121 cm³/mol. The van der Waals surface area contributed by atoms with Crippen LogP contribution in [0.4, 0.5) is 0 Å². The molecule has 0 aromatic heterocycles. The number of benzene rings is 2. The fraction of sp³-hybridized carbons (Fsp3) is 0.538. The second kappa shape index (κ2) is 12.0. The topological polar surface area (TPSA) is 21.7 Å². The predicted octanol–water partition coefficient (Wildman–Crippen LogP) is 5.57. The van der Waals surface area contributed by atoms with Gasteiger partial charge in [-0.05, 0) is 55.5 Å². The number of rotatable bonds is 11. The zero-order valence-corrected chi connectivity index (χ0v) is 18.2. The van der Waals surface area contributed by atoms with E-state index in [9.17, 15) is 0 Å². The molecule has 0 amide bonds. The van der Waals surface area contributed by atoms with Gasteiger partial charge in [-0.3, -0.25) is 0 Å². The van der Waals surface area contributed by atoms with E-state index in [4.69, 9.17) is 9.47 Å². The van der Waals surface area contributed by atoms with Crippen LogP contribution < -0.4 is 4.74 Å². The summed E-state index contributed by atoms with van der Waals surface area (Å²) in [4.78, 5) is 2.58. The van der Waals surface area contributed by atoms with Crippen molar-refractivity contribution in [1.82, 2.24) is 4.90 Å². The third kappa shape index (κ3) is 6.87. The van der Waals surface area contributed by atoms with Gasteiger partial charge in [-0.2, -0.15) is 0 Å². The van der Waals surface area contributed by atoms with Crippen LogP contribution in [0.25, 0.3) is 0 Å². The van der Waals surface area contributed by atoms with Crippen LogP contribution in [0.1, 0.15) is 50.2 Å². The Kier molecular flexibility index (Phi) is 9.04. The number of methoxy groups -OCH3 is 1. The Labute approximate surface area is 177 Å². The van der Waals surface area contributed by atoms with Gasteiger partial charge >= 0.3 is 0 Å². The van der Waals surface area contributed by atoms with Gasteiger partial charge in [0.1, 0.15) is 5.75 Å². The van der Waals surface area contributed by atoms with Crippen molar-refractivity contribution in [2.24, 2.45) is 5.92 Å². The van der Waals surface area contributed by atoms with Crippen molar-refractivity contribution in [3.63, 3.8) is 0 Å². The first kappa shape index (κ1) is 21.9. The first-order valence-electron chi connectivity index (χ1n) is 11.3. The van der Waals surface area contributed by atoms with Gasteiger partial charge < -0.3 is 14.4 Å². The standard InChI is InChI=1S/C26H37NO2/c1-3-4-10-17-27-18-15-23(26(21-27)28-2)16-19-29-25-14-9-8-13-24(25)20-22-11-6-5-7-12-22/h5-9,11-14,23,26H,3-4,10,15-21H2,1-2H3/t23?,26-/m1/s1. The Hall–Kier alpha value is -1.84. The number of ether oxygens (including phenoxy) is 2. The zero-order chi connectivity index (χ0) is 20.3. The largest absolute Gasteiger partial charge is 0.493 e. The molecule has 1 fully saturated rings. The van der Waals surface area contributed by atoms with Crippen LogP contribution in [0, 0.1) is 5.92 Å². The van der Waals surface area contributed by atoms with Crippen LogP contribution in [0.15, 0.2) is 54.6 Å². The minimum absolute atomic E-state index is 0.327. The third-order valence-electron chi connectivity index (χ3n) is 6.12. The van der Waals surface area contributed by atoms with Gasteiger partial charge in [0, 0.05) is 20.1 Å². The van der Waals surface area contributed by atoms with E-state index in [0.29, 0.717) is 12.0 Å². The molecule has 1 aliphatic heterocycles. The average molecular weight is 396 g/mol. The highest BCUT2D eigenvalue weighted by Crippen LogP contribution is 2.26. The molecule has 0 spiro atoms. The minimum atomic E-state index is 0.327. The molecule has 0 saturated carbocycles. The second-order valence-electron chi connectivity index (χ2n) is 8.24. The Bertz CT molecular complexity index is 703. The summed E-state index contributed by atoms with van der Waals surface area (Å²) in [6, 6.07) is 19.0. The fourth-order valence-electron chi connectivity index (χ4n) is 4.34. The minimum Gasteiger partial charge on any atom is -0.493 e. The molecular formula is C26H37NO2. The summed E-state index contributed by atoms with van der Waals surface area (Å²) >= 11 is 0. The first-order valence-corrected chi connectivity index (χ1v) is 11.3. The van der Waals surface area contributed by atoms with Gasteiger partial charge in [-0.25, -0.2) is 0 Å². The number of hydrogen-bond acceptors (Lipinski definition) is 3. The number of likely N-dealkylation sites (tertiary alicyclic amines) is 1. The normalized spacial score (nSPS) is 19.9. The van der Waals surface area contributed by atoms with E-state index < -0.39 is 0 Å². The van der Waals surface area contributed by atoms with Crippen molar-refractivity contribution >= 4 is 0 Å². The molecule has 3 heteroatoms. The molecule has 1 unspecified atom stereocenters. The summed E-state index contributed by atoms with van der Waals surface area (Å²) in [7, 11) is 1.86.